The van der Waals surface area contributed by atoms with Gasteiger partial charge in [-0.05, 0) is 11.1 Å². The van der Waals surface area contributed by atoms with Crippen LogP contribution in [0.5, 0.6) is 0 Å². The van der Waals surface area contributed by atoms with E-state index in [1.54, 1.807) is 38.4 Å². The lowest BCUT2D eigenvalue weighted by Gasteiger charge is -2.49. The lowest BCUT2D eigenvalue weighted by atomic mass is 10.0. The molecule has 2 unspecified atom stereocenters. The standard InChI is InChI=1S/C22H25N7O5S2/c1-28(2)14(30)8-13-24-22(27-26-13)36-10-12-9-35-20-16(19(32)29(20)17(12)21(33)34)25-18(31)15(23)11-6-4-3-5-7-11/h3-7,15-16,20H,8-10,23H2,1-2H3,(H,25,31)(H,33,34)(H,24,26,27)/t15?,16?,20-/m0/s1. The van der Waals surface area contributed by atoms with Crippen LogP contribution in [0.15, 0.2) is 46.8 Å². The molecule has 5 N–H and O–H groups in total. The molecule has 4 rings (SSSR count). The van der Waals surface area contributed by atoms with Gasteiger partial charge >= 0.3 is 5.97 Å². The summed E-state index contributed by atoms with van der Waals surface area (Å²) in [4.78, 5) is 56.3. The number of aromatic nitrogens is 3. The summed E-state index contributed by atoms with van der Waals surface area (Å²) in [6.45, 7) is 0. The highest BCUT2D eigenvalue weighted by Gasteiger charge is 2.54. The number of β-lactam (4-membered cyclic amide) rings is 1. The van der Waals surface area contributed by atoms with Gasteiger partial charge in [0.05, 0.1) is 6.42 Å². The van der Waals surface area contributed by atoms with Crippen LogP contribution in [0, 0.1) is 0 Å². The van der Waals surface area contributed by atoms with Gasteiger partial charge in [-0.1, -0.05) is 42.1 Å². The molecule has 0 spiro atoms. The van der Waals surface area contributed by atoms with E-state index in [2.05, 4.69) is 20.5 Å². The number of carboxylic acids is 1. The minimum atomic E-state index is -1.22. The van der Waals surface area contributed by atoms with Crippen molar-refractivity contribution in [1.82, 2.24) is 30.3 Å². The van der Waals surface area contributed by atoms with Gasteiger partial charge in [-0.15, -0.1) is 16.9 Å². The maximum absolute atomic E-state index is 12.9. The molecule has 2 aromatic rings. The van der Waals surface area contributed by atoms with E-state index in [1.165, 1.54) is 33.3 Å². The molecule has 1 aromatic carbocycles. The summed E-state index contributed by atoms with van der Waals surface area (Å²) in [5.41, 5.74) is 7.10. The third-order valence-corrected chi connectivity index (χ3v) is 7.97. The Balaban J connectivity index is 1.41. The molecule has 1 aromatic heterocycles. The van der Waals surface area contributed by atoms with Crippen LogP contribution in [0.1, 0.15) is 17.4 Å². The van der Waals surface area contributed by atoms with E-state index in [-0.39, 0.29) is 23.8 Å². The third-order valence-electron chi connectivity index (χ3n) is 5.69. The van der Waals surface area contributed by atoms with E-state index in [9.17, 15) is 24.3 Å². The number of hydrogen-bond acceptors (Lipinski definition) is 9. The molecule has 2 aliphatic rings. The number of nitrogens with two attached hydrogens (primary N) is 1. The first kappa shape index (κ1) is 25.7. The van der Waals surface area contributed by atoms with Crippen LogP contribution < -0.4 is 11.1 Å². The first-order valence-electron chi connectivity index (χ1n) is 10.9. The molecule has 190 valence electrons. The number of rotatable bonds is 9. The van der Waals surface area contributed by atoms with Crippen molar-refractivity contribution in [1.29, 1.82) is 0 Å². The average molecular weight is 532 g/mol. The quantitative estimate of drug-likeness (QED) is 0.254. The lowest BCUT2D eigenvalue weighted by Crippen LogP contribution is -2.71. The van der Waals surface area contributed by atoms with Gasteiger partial charge in [-0.2, -0.15) is 0 Å². The number of aliphatic carboxylic acids is 1. The van der Waals surface area contributed by atoms with Gasteiger partial charge in [0.1, 0.15) is 29.0 Å². The maximum Gasteiger partial charge on any atom is 0.352 e. The minimum absolute atomic E-state index is 0.0739. The van der Waals surface area contributed by atoms with E-state index in [0.717, 1.165) is 0 Å². The van der Waals surface area contributed by atoms with Gasteiger partial charge in [0, 0.05) is 25.6 Å². The molecule has 14 heteroatoms. The highest BCUT2D eigenvalue weighted by molar-refractivity contribution is 8.01. The molecule has 1 fully saturated rings. The number of thioether (sulfide) groups is 2. The van der Waals surface area contributed by atoms with Crippen molar-refractivity contribution in [2.45, 2.75) is 29.0 Å². The summed E-state index contributed by atoms with van der Waals surface area (Å²) in [6.07, 6.45) is 0.0739. The smallest absolute Gasteiger partial charge is 0.352 e. The Morgan fingerprint density at radius 2 is 2.06 bits per heavy atom. The first-order valence-corrected chi connectivity index (χ1v) is 13.0. The molecule has 1 saturated heterocycles. The van der Waals surface area contributed by atoms with Gasteiger partial charge in [0.25, 0.3) is 5.91 Å². The van der Waals surface area contributed by atoms with Gasteiger partial charge in [0.2, 0.25) is 17.0 Å². The molecule has 3 amide bonds. The zero-order valence-electron chi connectivity index (χ0n) is 19.5. The molecule has 3 heterocycles. The molecular weight excluding hydrogens is 506 g/mol. The van der Waals surface area contributed by atoms with Crippen molar-refractivity contribution in [3.05, 3.63) is 53.0 Å². The summed E-state index contributed by atoms with van der Waals surface area (Å²) in [5, 5.41) is 19.1. The largest absolute Gasteiger partial charge is 0.477 e. The van der Waals surface area contributed by atoms with Crippen molar-refractivity contribution in [3.63, 3.8) is 0 Å². The second-order valence-electron chi connectivity index (χ2n) is 8.36. The Morgan fingerprint density at radius 1 is 1.33 bits per heavy atom. The maximum atomic E-state index is 12.9. The minimum Gasteiger partial charge on any atom is -0.477 e. The third kappa shape index (κ3) is 5.24. The number of likely N-dealkylation sites (N-methyl/N-ethyl adjacent to an activating group) is 1. The summed E-state index contributed by atoms with van der Waals surface area (Å²) in [6, 6.07) is 6.99. The fourth-order valence-corrected chi connectivity index (χ4v) is 6.03. The fraction of sp³-hybridized carbons (Fsp3) is 0.364. The molecule has 0 saturated carbocycles. The van der Waals surface area contributed by atoms with Gasteiger partial charge in [0.15, 0.2) is 0 Å². The second kappa shape index (κ2) is 10.7. The SMILES string of the molecule is CN(C)C(=O)Cc1nc(SCC2=C(C(=O)O)N3C(=O)C(NC(=O)C(N)c4ccccc4)[C@@H]3SC2)n[nH]1. The van der Waals surface area contributed by atoms with E-state index in [0.29, 0.717) is 27.9 Å². The number of aromatic amines is 1. The van der Waals surface area contributed by atoms with Crippen molar-refractivity contribution >= 4 is 47.2 Å². The number of hydrogen-bond donors (Lipinski definition) is 4. The summed E-state index contributed by atoms with van der Waals surface area (Å²) >= 11 is 2.58. The number of H-pyrrole nitrogens is 1. The van der Waals surface area contributed by atoms with E-state index < -0.39 is 35.2 Å². The number of carboxylic acid groups (broad SMARTS) is 1. The van der Waals surface area contributed by atoms with Gasteiger partial charge in [-0.3, -0.25) is 24.4 Å². The summed E-state index contributed by atoms with van der Waals surface area (Å²) in [7, 11) is 3.29. The molecule has 0 bridgehead atoms. The predicted octanol–water partition coefficient (Wildman–Crippen LogP) is -0.0339. The van der Waals surface area contributed by atoms with E-state index >= 15 is 0 Å². The number of nitrogens with one attached hydrogen (secondary N) is 2. The topological polar surface area (TPSA) is 175 Å². The predicted molar refractivity (Wildman–Crippen MR) is 133 cm³/mol. The van der Waals surface area contributed by atoms with Crippen LogP contribution >= 0.6 is 23.5 Å². The molecule has 0 radical (unpaired) electrons. The van der Waals surface area contributed by atoms with Crippen LogP contribution in [0.2, 0.25) is 0 Å². The number of nitrogens with zero attached hydrogens (tertiary/aromatic N) is 4. The molecule has 0 aliphatic carbocycles. The van der Waals surface area contributed by atoms with Gasteiger partial charge in [-0.25, -0.2) is 9.78 Å². The number of carbonyl (C=O) groups excluding carboxylic acids is 3. The Hall–Kier alpha value is -3.36. The van der Waals surface area contributed by atoms with E-state index in [4.69, 9.17) is 5.73 Å². The number of amides is 3. The van der Waals surface area contributed by atoms with Crippen molar-refractivity contribution in [3.8, 4) is 0 Å². The highest BCUT2D eigenvalue weighted by Crippen LogP contribution is 2.41. The lowest BCUT2D eigenvalue weighted by molar-refractivity contribution is -0.150. The molecule has 12 nitrogen and oxygen atoms in total. The van der Waals surface area contributed by atoms with Crippen molar-refractivity contribution in [2.75, 3.05) is 25.6 Å². The summed E-state index contributed by atoms with van der Waals surface area (Å²) in [5.74, 6) is -1.33. The van der Waals surface area contributed by atoms with Crippen LogP contribution in [-0.4, -0.2) is 90.8 Å². The zero-order valence-corrected chi connectivity index (χ0v) is 21.1. The Labute approximate surface area is 215 Å². The molecule has 36 heavy (non-hydrogen) atoms. The zero-order chi connectivity index (χ0) is 26.0. The van der Waals surface area contributed by atoms with Crippen LogP contribution in [0.25, 0.3) is 0 Å². The van der Waals surface area contributed by atoms with E-state index in [1.807, 2.05) is 6.07 Å². The average Bonchev–Trinajstić information content (AvgIpc) is 3.32. The molecular formula is C22H25N7O5S2. The first-order chi connectivity index (χ1) is 17.2. The van der Waals surface area contributed by atoms with Gasteiger partial charge < -0.3 is 21.1 Å². The van der Waals surface area contributed by atoms with Crippen LogP contribution in [0.4, 0.5) is 0 Å². The monoisotopic (exact) mass is 531 g/mol. The fourth-order valence-electron chi connectivity index (χ4n) is 3.72. The second-order valence-corrected chi connectivity index (χ2v) is 10.4. The highest BCUT2D eigenvalue weighted by atomic mass is 32.2. The van der Waals surface area contributed by atoms with Crippen molar-refractivity contribution in [2.24, 2.45) is 5.73 Å². The molecule has 3 atom stereocenters. The summed E-state index contributed by atoms with van der Waals surface area (Å²) < 4.78 is 0. The number of fused-ring (bicyclic) bond motifs is 1. The van der Waals surface area contributed by atoms with Crippen LogP contribution in [-0.2, 0) is 25.6 Å². The van der Waals surface area contributed by atoms with Crippen molar-refractivity contribution < 1.29 is 24.3 Å². The number of carbonyl (C=O) groups is 4. The molecule has 2 aliphatic heterocycles. The Bertz CT molecular complexity index is 1220. The normalized spacial score (nSPS) is 19.9. The van der Waals surface area contributed by atoms with Crippen LogP contribution in [0.3, 0.4) is 0 Å². The number of benzene rings is 1. The Morgan fingerprint density at radius 3 is 2.72 bits per heavy atom. The Kier molecular flexibility index (Phi) is 7.66.